The first-order valence-electron chi connectivity index (χ1n) is 9.00. The summed E-state index contributed by atoms with van der Waals surface area (Å²) in [4.78, 5) is 14.2. The van der Waals surface area contributed by atoms with Gasteiger partial charge in [-0.3, -0.25) is 9.69 Å². The summed E-state index contributed by atoms with van der Waals surface area (Å²) in [5.74, 6) is 0.869. The Labute approximate surface area is 148 Å². The summed E-state index contributed by atoms with van der Waals surface area (Å²) in [7, 11) is 0. The van der Waals surface area contributed by atoms with Crippen molar-refractivity contribution in [2.75, 3.05) is 32.8 Å². The molecule has 0 saturated carbocycles. The highest BCUT2D eigenvalue weighted by Crippen LogP contribution is 2.19. The Morgan fingerprint density at radius 2 is 2.04 bits per heavy atom. The minimum atomic E-state index is 0.0713. The van der Waals surface area contributed by atoms with Crippen LogP contribution in [0.4, 0.5) is 0 Å². The molecule has 1 unspecified atom stereocenters. The number of likely N-dealkylation sites (tertiary alicyclic amines) is 1. The fourth-order valence-corrected chi connectivity index (χ4v) is 3.28. The summed E-state index contributed by atoms with van der Waals surface area (Å²) >= 11 is 0. The maximum absolute atomic E-state index is 12.0. The summed E-state index contributed by atoms with van der Waals surface area (Å²) in [5, 5.41) is 11.8. The molecule has 1 amide bonds. The molecule has 2 saturated heterocycles. The quantitative estimate of drug-likeness (QED) is 0.851. The summed E-state index contributed by atoms with van der Waals surface area (Å²) in [5.41, 5.74) is 0.635. The molecule has 1 aromatic carbocycles. The van der Waals surface area contributed by atoms with Crippen molar-refractivity contribution in [3.8, 4) is 11.8 Å². The fourth-order valence-electron chi connectivity index (χ4n) is 3.28. The van der Waals surface area contributed by atoms with Crippen LogP contribution < -0.4 is 10.1 Å². The van der Waals surface area contributed by atoms with Crippen molar-refractivity contribution < 1.29 is 14.3 Å². The minimum absolute atomic E-state index is 0.0713. The standard InChI is InChI=1S/C19H25N3O3/c20-12-15-3-5-16(6-4-15)25-17-7-9-22(10-8-17)14-19(23)21-13-18-2-1-11-24-18/h3-6,17-18H,1-2,7-11,13-14H2,(H,21,23). The van der Waals surface area contributed by atoms with Crippen molar-refractivity contribution in [1.29, 1.82) is 5.26 Å². The van der Waals surface area contributed by atoms with E-state index in [4.69, 9.17) is 14.7 Å². The first kappa shape index (κ1) is 17.7. The molecule has 2 heterocycles. The van der Waals surface area contributed by atoms with Crippen molar-refractivity contribution in [2.24, 2.45) is 0 Å². The van der Waals surface area contributed by atoms with Crippen LogP contribution in [0.2, 0.25) is 0 Å². The molecule has 2 aliphatic rings. The van der Waals surface area contributed by atoms with E-state index in [9.17, 15) is 4.79 Å². The third-order valence-corrected chi connectivity index (χ3v) is 4.74. The van der Waals surface area contributed by atoms with Gasteiger partial charge < -0.3 is 14.8 Å². The van der Waals surface area contributed by atoms with Gasteiger partial charge in [-0.2, -0.15) is 5.26 Å². The molecule has 0 radical (unpaired) electrons. The van der Waals surface area contributed by atoms with Crippen molar-refractivity contribution in [2.45, 2.75) is 37.9 Å². The average Bonchev–Trinajstić information content (AvgIpc) is 3.16. The van der Waals surface area contributed by atoms with E-state index in [0.29, 0.717) is 18.7 Å². The second-order valence-corrected chi connectivity index (χ2v) is 6.67. The number of piperidine rings is 1. The Morgan fingerprint density at radius 3 is 2.68 bits per heavy atom. The Kier molecular flexibility index (Phi) is 6.26. The Morgan fingerprint density at radius 1 is 1.28 bits per heavy atom. The molecular formula is C19H25N3O3. The second kappa shape index (κ2) is 8.84. The normalized spacial score (nSPS) is 21.6. The van der Waals surface area contributed by atoms with E-state index in [2.05, 4.69) is 16.3 Å². The molecule has 0 bridgehead atoms. The molecule has 3 rings (SSSR count). The lowest BCUT2D eigenvalue weighted by Gasteiger charge is -2.31. The van der Waals surface area contributed by atoms with Gasteiger partial charge in [0.25, 0.3) is 0 Å². The second-order valence-electron chi connectivity index (χ2n) is 6.67. The maximum atomic E-state index is 12.0. The van der Waals surface area contributed by atoms with Crippen molar-refractivity contribution in [1.82, 2.24) is 10.2 Å². The van der Waals surface area contributed by atoms with Gasteiger partial charge in [0.1, 0.15) is 11.9 Å². The van der Waals surface area contributed by atoms with Crippen LogP contribution in [0.1, 0.15) is 31.2 Å². The lowest BCUT2D eigenvalue weighted by Crippen LogP contribution is -2.44. The third kappa shape index (κ3) is 5.45. The highest BCUT2D eigenvalue weighted by atomic mass is 16.5. The SMILES string of the molecule is N#Cc1ccc(OC2CCN(CC(=O)NCC3CCCO3)CC2)cc1. The summed E-state index contributed by atoms with van der Waals surface area (Å²) < 4.78 is 11.5. The first-order chi connectivity index (χ1) is 12.2. The molecule has 0 aromatic heterocycles. The largest absolute Gasteiger partial charge is 0.490 e. The number of hydrogen-bond acceptors (Lipinski definition) is 5. The number of ether oxygens (including phenoxy) is 2. The molecule has 134 valence electrons. The van der Waals surface area contributed by atoms with Crippen molar-refractivity contribution in [3.05, 3.63) is 29.8 Å². The van der Waals surface area contributed by atoms with E-state index in [1.54, 1.807) is 12.1 Å². The number of nitrogens with one attached hydrogen (secondary N) is 1. The number of nitriles is 1. The smallest absolute Gasteiger partial charge is 0.234 e. The van der Waals surface area contributed by atoms with Crippen molar-refractivity contribution >= 4 is 5.91 Å². The zero-order valence-electron chi connectivity index (χ0n) is 14.4. The van der Waals surface area contributed by atoms with Gasteiger partial charge in [0, 0.05) is 26.2 Å². The molecule has 1 atom stereocenters. The Balaban J connectivity index is 1.35. The van der Waals surface area contributed by atoms with Gasteiger partial charge in [-0.1, -0.05) is 0 Å². The topological polar surface area (TPSA) is 74.6 Å². The number of nitrogens with zero attached hydrogens (tertiary/aromatic N) is 2. The highest BCUT2D eigenvalue weighted by molar-refractivity contribution is 5.78. The molecule has 6 nitrogen and oxygen atoms in total. The zero-order chi connectivity index (χ0) is 17.5. The summed E-state index contributed by atoms with van der Waals surface area (Å²) in [6.07, 6.45) is 4.29. The van der Waals surface area contributed by atoms with Crippen LogP contribution in [0.15, 0.2) is 24.3 Å². The monoisotopic (exact) mass is 343 g/mol. The lowest BCUT2D eigenvalue weighted by atomic mass is 10.1. The van der Waals surface area contributed by atoms with E-state index < -0.39 is 0 Å². The molecule has 2 aliphatic heterocycles. The van der Waals surface area contributed by atoms with Gasteiger partial charge in [-0.25, -0.2) is 0 Å². The van der Waals surface area contributed by atoms with Gasteiger partial charge >= 0.3 is 0 Å². The van der Waals surface area contributed by atoms with Crippen LogP contribution in [-0.4, -0.2) is 55.8 Å². The zero-order valence-corrected chi connectivity index (χ0v) is 14.4. The van der Waals surface area contributed by atoms with Gasteiger partial charge in [0.2, 0.25) is 5.91 Å². The molecule has 0 spiro atoms. The molecule has 25 heavy (non-hydrogen) atoms. The van der Waals surface area contributed by atoms with Crippen LogP contribution in [-0.2, 0) is 9.53 Å². The van der Waals surface area contributed by atoms with Crippen LogP contribution >= 0.6 is 0 Å². The highest BCUT2D eigenvalue weighted by Gasteiger charge is 2.23. The summed E-state index contributed by atoms with van der Waals surface area (Å²) in [6.45, 7) is 3.59. The molecule has 6 heteroatoms. The average molecular weight is 343 g/mol. The number of amides is 1. The third-order valence-electron chi connectivity index (χ3n) is 4.74. The maximum Gasteiger partial charge on any atom is 0.234 e. The van der Waals surface area contributed by atoms with Crippen LogP contribution in [0, 0.1) is 11.3 Å². The van der Waals surface area contributed by atoms with Gasteiger partial charge in [-0.15, -0.1) is 0 Å². The Bertz CT molecular complexity index is 597. The van der Waals surface area contributed by atoms with E-state index in [1.165, 1.54) is 0 Å². The van der Waals surface area contributed by atoms with E-state index in [1.807, 2.05) is 12.1 Å². The predicted octanol–water partition coefficient (Wildman–Crippen LogP) is 1.70. The Hall–Kier alpha value is -2.10. The molecular weight excluding hydrogens is 318 g/mol. The van der Waals surface area contributed by atoms with Crippen molar-refractivity contribution in [3.63, 3.8) is 0 Å². The number of carbonyl (C=O) groups is 1. The van der Waals surface area contributed by atoms with Gasteiger partial charge in [0.05, 0.1) is 24.3 Å². The first-order valence-corrected chi connectivity index (χ1v) is 9.00. The number of carbonyl (C=O) groups excluding carboxylic acids is 1. The minimum Gasteiger partial charge on any atom is -0.490 e. The van der Waals surface area contributed by atoms with E-state index >= 15 is 0 Å². The number of benzene rings is 1. The number of rotatable bonds is 6. The predicted molar refractivity (Wildman–Crippen MR) is 93.2 cm³/mol. The van der Waals surface area contributed by atoms with Gasteiger partial charge in [0.15, 0.2) is 0 Å². The van der Waals surface area contributed by atoms with Crippen LogP contribution in [0.25, 0.3) is 0 Å². The molecule has 1 N–H and O–H groups in total. The number of hydrogen-bond donors (Lipinski definition) is 1. The van der Waals surface area contributed by atoms with E-state index in [-0.39, 0.29) is 18.1 Å². The van der Waals surface area contributed by atoms with E-state index in [0.717, 1.165) is 51.1 Å². The summed E-state index contributed by atoms with van der Waals surface area (Å²) in [6, 6.07) is 9.31. The van der Waals surface area contributed by atoms with Gasteiger partial charge in [-0.05, 0) is 49.9 Å². The van der Waals surface area contributed by atoms with Crippen LogP contribution in [0.5, 0.6) is 5.75 Å². The van der Waals surface area contributed by atoms with Crippen LogP contribution in [0.3, 0.4) is 0 Å². The molecule has 2 fully saturated rings. The fraction of sp³-hybridized carbons (Fsp3) is 0.579. The lowest BCUT2D eigenvalue weighted by molar-refractivity contribution is -0.123. The molecule has 1 aromatic rings. The molecule has 0 aliphatic carbocycles.